The predicted octanol–water partition coefficient (Wildman–Crippen LogP) is 4.14. The van der Waals surface area contributed by atoms with Crippen molar-refractivity contribution in [3.63, 3.8) is 0 Å². The van der Waals surface area contributed by atoms with Gasteiger partial charge in [0.25, 0.3) is 0 Å². The van der Waals surface area contributed by atoms with Crippen LogP contribution in [-0.2, 0) is 0 Å². The van der Waals surface area contributed by atoms with Gasteiger partial charge in [0.05, 0.1) is 6.61 Å². The molecule has 1 aromatic carbocycles. The van der Waals surface area contributed by atoms with Gasteiger partial charge in [-0.25, -0.2) is 0 Å². The highest BCUT2D eigenvalue weighted by Crippen LogP contribution is 2.23. The predicted molar refractivity (Wildman–Crippen MR) is 66.1 cm³/mol. The fourth-order valence-corrected chi connectivity index (χ4v) is 1.32. The Kier molecular flexibility index (Phi) is 4.41. The minimum atomic E-state index is 0.493. The second-order valence-electron chi connectivity index (χ2n) is 4.05. The lowest BCUT2D eigenvalue weighted by atomic mass is 9.97. The van der Waals surface area contributed by atoms with E-state index >= 15 is 0 Å². The average Bonchev–Trinajstić information content (AvgIpc) is 2.26. The zero-order chi connectivity index (χ0) is 11.3. The Labute approximate surface area is 92.8 Å². The molecule has 0 bridgehead atoms. The van der Waals surface area contributed by atoms with E-state index in [4.69, 9.17) is 4.74 Å². The molecular formula is C14H20O. The third kappa shape index (κ3) is 3.43. The molecule has 15 heavy (non-hydrogen) atoms. The molecule has 0 spiro atoms. The maximum atomic E-state index is 5.52. The SMILES string of the molecule is C=C(c1ccc(OCCC)cc1)C(C)C. The first-order valence-corrected chi connectivity index (χ1v) is 5.57. The molecule has 0 atom stereocenters. The minimum absolute atomic E-state index is 0.493. The summed E-state index contributed by atoms with van der Waals surface area (Å²) in [6.07, 6.45) is 1.04. The maximum absolute atomic E-state index is 5.52. The van der Waals surface area contributed by atoms with Gasteiger partial charge in [-0.15, -0.1) is 0 Å². The van der Waals surface area contributed by atoms with Gasteiger partial charge in [0.2, 0.25) is 0 Å². The van der Waals surface area contributed by atoms with E-state index in [2.05, 4.69) is 39.5 Å². The van der Waals surface area contributed by atoms with E-state index in [0.717, 1.165) is 18.8 Å². The van der Waals surface area contributed by atoms with Gasteiger partial charge in [0.1, 0.15) is 5.75 Å². The topological polar surface area (TPSA) is 9.23 Å². The van der Waals surface area contributed by atoms with Crippen LogP contribution in [0.2, 0.25) is 0 Å². The Hall–Kier alpha value is -1.24. The maximum Gasteiger partial charge on any atom is 0.119 e. The molecule has 0 N–H and O–H groups in total. The summed E-state index contributed by atoms with van der Waals surface area (Å²) in [5.41, 5.74) is 2.38. The Morgan fingerprint density at radius 1 is 1.27 bits per heavy atom. The van der Waals surface area contributed by atoms with Gasteiger partial charge in [-0.3, -0.25) is 0 Å². The summed E-state index contributed by atoms with van der Waals surface area (Å²) in [6.45, 7) is 11.3. The van der Waals surface area contributed by atoms with E-state index in [1.165, 1.54) is 11.1 Å². The molecule has 0 aliphatic heterocycles. The van der Waals surface area contributed by atoms with Crippen LogP contribution in [0.25, 0.3) is 5.57 Å². The highest BCUT2D eigenvalue weighted by Gasteiger charge is 2.03. The van der Waals surface area contributed by atoms with Crippen LogP contribution in [0.5, 0.6) is 5.75 Å². The first kappa shape index (κ1) is 11.8. The largest absolute Gasteiger partial charge is 0.494 e. The van der Waals surface area contributed by atoms with E-state index in [1.807, 2.05) is 12.1 Å². The lowest BCUT2D eigenvalue weighted by molar-refractivity contribution is 0.317. The first-order chi connectivity index (χ1) is 7.15. The van der Waals surface area contributed by atoms with Crippen molar-refractivity contribution in [3.8, 4) is 5.75 Å². The molecule has 0 aliphatic carbocycles. The van der Waals surface area contributed by atoms with Gasteiger partial charge in [0.15, 0.2) is 0 Å². The van der Waals surface area contributed by atoms with Crippen molar-refractivity contribution < 1.29 is 4.74 Å². The number of hydrogen-bond acceptors (Lipinski definition) is 1. The molecule has 0 unspecified atom stereocenters. The molecule has 82 valence electrons. The Morgan fingerprint density at radius 2 is 1.87 bits per heavy atom. The Bertz CT molecular complexity index is 309. The van der Waals surface area contributed by atoms with E-state index < -0.39 is 0 Å². The fraction of sp³-hybridized carbons (Fsp3) is 0.429. The average molecular weight is 204 g/mol. The van der Waals surface area contributed by atoms with Gasteiger partial charge in [0, 0.05) is 0 Å². The third-order valence-corrected chi connectivity index (χ3v) is 2.39. The Morgan fingerprint density at radius 3 is 2.33 bits per heavy atom. The van der Waals surface area contributed by atoms with Crippen LogP contribution < -0.4 is 4.74 Å². The Balaban J connectivity index is 2.68. The highest BCUT2D eigenvalue weighted by molar-refractivity contribution is 5.65. The summed E-state index contributed by atoms with van der Waals surface area (Å²) in [6, 6.07) is 8.18. The second-order valence-corrected chi connectivity index (χ2v) is 4.05. The lowest BCUT2D eigenvalue weighted by Gasteiger charge is -2.10. The number of rotatable bonds is 5. The number of allylic oxidation sites excluding steroid dienone is 1. The van der Waals surface area contributed by atoms with Crippen LogP contribution in [0.1, 0.15) is 32.8 Å². The van der Waals surface area contributed by atoms with E-state index in [-0.39, 0.29) is 0 Å². The van der Waals surface area contributed by atoms with E-state index in [9.17, 15) is 0 Å². The molecule has 1 rings (SSSR count). The van der Waals surface area contributed by atoms with Crippen LogP contribution in [0, 0.1) is 5.92 Å². The summed E-state index contributed by atoms with van der Waals surface area (Å²) >= 11 is 0. The summed E-state index contributed by atoms with van der Waals surface area (Å²) in [7, 11) is 0. The smallest absolute Gasteiger partial charge is 0.119 e. The zero-order valence-electron chi connectivity index (χ0n) is 9.92. The van der Waals surface area contributed by atoms with Gasteiger partial charge in [-0.1, -0.05) is 39.5 Å². The fourth-order valence-electron chi connectivity index (χ4n) is 1.32. The second kappa shape index (κ2) is 5.59. The van der Waals surface area contributed by atoms with Crippen LogP contribution in [0.15, 0.2) is 30.8 Å². The number of hydrogen-bond donors (Lipinski definition) is 0. The zero-order valence-corrected chi connectivity index (χ0v) is 9.92. The number of benzene rings is 1. The molecule has 0 heterocycles. The quantitative estimate of drug-likeness (QED) is 0.700. The third-order valence-electron chi connectivity index (χ3n) is 2.39. The molecular weight excluding hydrogens is 184 g/mol. The standard InChI is InChI=1S/C14H20O/c1-5-10-15-14-8-6-13(7-9-14)12(4)11(2)3/h6-9,11H,4-5,10H2,1-3H3. The lowest BCUT2D eigenvalue weighted by Crippen LogP contribution is -1.96. The van der Waals surface area contributed by atoms with Crippen LogP contribution >= 0.6 is 0 Å². The van der Waals surface area contributed by atoms with E-state index in [1.54, 1.807) is 0 Å². The molecule has 0 aliphatic rings. The summed E-state index contributed by atoms with van der Waals surface area (Å²) < 4.78 is 5.52. The van der Waals surface area contributed by atoms with Crippen molar-refractivity contribution in [2.45, 2.75) is 27.2 Å². The van der Waals surface area contributed by atoms with Crippen molar-refractivity contribution in [2.24, 2.45) is 5.92 Å². The molecule has 0 aromatic heterocycles. The van der Waals surface area contributed by atoms with Gasteiger partial charge < -0.3 is 4.74 Å². The highest BCUT2D eigenvalue weighted by atomic mass is 16.5. The van der Waals surface area contributed by atoms with E-state index in [0.29, 0.717) is 5.92 Å². The molecule has 0 fully saturated rings. The van der Waals surface area contributed by atoms with Gasteiger partial charge in [-0.05, 0) is 35.6 Å². The molecule has 1 aromatic rings. The molecule has 1 heteroatoms. The van der Waals surface area contributed by atoms with Crippen LogP contribution in [-0.4, -0.2) is 6.61 Å². The molecule has 1 nitrogen and oxygen atoms in total. The van der Waals surface area contributed by atoms with Gasteiger partial charge in [-0.2, -0.15) is 0 Å². The first-order valence-electron chi connectivity index (χ1n) is 5.57. The summed E-state index contributed by atoms with van der Waals surface area (Å²) in [5.74, 6) is 1.43. The molecule has 0 amide bonds. The summed E-state index contributed by atoms with van der Waals surface area (Å²) in [4.78, 5) is 0. The van der Waals surface area contributed by atoms with Crippen LogP contribution in [0.3, 0.4) is 0 Å². The van der Waals surface area contributed by atoms with Crippen molar-refractivity contribution in [2.75, 3.05) is 6.61 Å². The minimum Gasteiger partial charge on any atom is -0.494 e. The van der Waals surface area contributed by atoms with Gasteiger partial charge >= 0.3 is 0 Å². The van der Waals surface area contributed by atoms with Crippen molar-refractivity contribution >= 4 is 5.57 Å². The van der Waals surface area contributed by atoms with Crippen LogP contribution in [0.4, 0.5) is 0 Å². The summed E-state index contributed by atoms with van der Waals surface area (Å²) in [5, 5.41) is 0. The van der Waals surface area contributed by atoms with Crippen molar-refractivity contribution in [1.29, 1.82) is 0 Å². The van der Waals surface area contributed by atoms with Crippen molar-refractivity contribution in [1.82, 2.24) is 0 Å². The normalized spacial score (nSPS) is 10.4. The molecule has 0 saturated carbocycles. The molecule has 0 radical (unpaired) electrons. The molecule has 0 saturated heterocycles. The monoisotopic (exact) mass is 204 g/mol. The number of ether oxygens (including phenoxy) is 1. The van der Waals surface area contributed by atoms with Crippen molar-refractivity contribution in [3.05, 3.63) is 36.4 Å².